The van der Waals surface area contributed by atoms with Crippen LogP contribution in [0.5, 0.6) is 0 Å². The Balaban J connectivity index is 3.14. The van der Waals surface area contributed by atoms with Crippen molar-refractivity contribution in [1.29, 1.82) is 0 Å². The van der Waals surface area contributed by atoms with Gasteiger partial charge in [0.15, 0.2) is 0 Å². The molecule has 64 valence electrons. The van der Waals surface area contributed by atoms with Crippen LogP contribution in [0.25, 0.3) is 0 Å². The van der Waals surface area contributed by atoms with Gasteiger partial charge in [0.25, 0.3) is 0 Å². The number of carbonyl (C=O) groups excluding carboxylic acids is 1. The maximum atomic E-state index is 10.4. The van der Waals surface area contributed by atoms with Gasteiger partial charge in [-0.3, -0.25) is 4.89 Å². The van der Waals surface area contributed by atoms with Gasteiger partial charge in [0.2, 0.25) is 0 Å². The summed E-state index contributed by atoms with van der Waals surface area (Å²) in [7, 11) is 0. The number of rotatable bonds is 5. The average Bonchev–Trinajstić information content (AvgIpc) is 1.97. The molecule has 0 aromatic heterocycles. The summed E-state index contributed by atoms with van der Waals surface area (Å²) in [5.74, 6) is 0.00573. The minimum atomic E-state index is -0.547. The van der Waals surface area contributed by atoms with Gasteiger partial charge in [-0.25, -0.2) is 4.79 Å². The Morgan fingerprint density at radius 2 is 2.27 bits per heavy atom. The fraction of sp³-hybridized carbons (Fsp3) is 0.625. The highest BCUT2D eigenvalue weighted by Crippen LogP contribution is 1.98. The quantitative estimate of drug-likeness (QED) is 0.264. The van der Waals surface area contributed by atoms with Gasteiger partial charge in [0.1, 0.15) is 0 Å². The van der Waals surface area contributed by atoms with E-state index in [9.17, 15) is 4.79 Å². The summed E-state index contributed by atoms with van der Waals surface area (Å²) in [4.78, 5) is 19.3. The molecular weight excluding hydrogens is 144 g/mol. The zero-order valence-corrected chi connectivity index (χ0v) is 7.00. The Hall–Kier alpha value is -0.830. The lowest BCUT2D eigenvalue weighted by atomic mass is 10.1. The SMILES string of the molecule is C=CC(=O)OOCCC(C)C. The monoisotopic (exact) mass is 158 g/mol. The summed E-state index contributed by atoms with van der Waals surface area (Å²) in [5, 5.41) is 0. The molecule has 0 aliphatic carbocycles. The standard InChI is InChI=1S/C8H14O3/c1-4-8(9)11-10-6-5-7(2)3/h4,7H,1,5-6H2,2-3H3. The summed E-state index contributed by atoms with van der Waals surface area (Å²) in [6.07, 6.45) is 1.94. The molecule has 0 aromatic carbocycles. The normalized spacial score (nSPS) is 9.73. The molecule has 0 rings (SSSR count). The van der Waals surface area contributed by atoms with Crippen LogP contribution < -0.4 is 0 Å². The van der Waals surface area contributed by atoms with E-state index in [2.05, 4.69) is 30.2 Å². The third-order valence-electron chi connectivity index (χ3n) is 1.09. The molecule has 0 spiro atoms. The molecule has 3 heteroatoms. The lowest BCUT2D eigenvalue weighted by Gasteiger charge is -2.03. The van der Waals surface area contributed by atoms with E-state index in [-0.39, 0.29) is 0 Å². The average molecular weight is 158 g/mol. The highest BCUT2D eigenvalue weighted by Gasteiger charge is 1.97. The van der Waals surface area contributed by atoms with E-state index in [0.717, 1.165) is 12.5 Å². The van der Waals surface area contributed by atoms with Crippen molar-refractivity contribution in [2.45, 2.75) is 20.3 Å². The van der Waals surface area contributed by atoms with Crippen molar-refractivity contribution in [1.82, 2.24) is 0 Å². The zero-order valence-electron chi connectivity index (χ0n) is 7.00. The highest BCUT2D eigenvalue weighted by atomic mass is 17.2. The van der Waals surface area contributed by atoms with Gasteiger partial charge in [-0.05, 0) is 12.3 Å². The first kappa shape index (κ1) is 10.2. The van der Waals surface area contributed by atoms with E-state index in [1.165, 1.54) is 0 Å². The predicted octanol–water partition coefficient (Wildman–Crippen LogP) is 1.69. The molecule has 0 heterocycles. The second-order valence-corrected chi connectivity index (χ2v) is 2.61. The Labute approximate surface area is 66.9 Å². The van der Waals surface area contributed by atoms with E-state index >= 15 is 0 Å². The van der Waals surface area contributed by atoms with Crippen molar-refractivity contribution in [3.63, 3.8) is 0 Å². The molecule has 0 aliphatic rings. The molecule has 0 unspecified atom stereocenters. The van der Waals surface area contributed by atoms with Crippen molar-refractivity contribution in [2.75, 3.05) is 6.61 Å². The third-order valence-corrected chi connectivity index (χ3v) is 1.09. The maximum absolute atomic E-state index is 10.4. The number of carbonyl (C=O) groups is 1. The van der Waals surface area contributed by atoms with Gasteiger partial charge >= 0.3 is 5.97 Å². The molecule has 0 saturated heterocycles. The Morgan fingerprint density at radius 1 is 1.64 bits per heavy atom. The van der Waals surface area contributed by atoms with E-state index in [4.69, 9.17) is 0 Å². The van der Waals surface area contributed by atoms with Crippen LogP contribution in [0.3, 0.4) is 0 Å². The first-order valence-electron chi connectivity index (χ1n) is 3.62. The van der Waals surface area contributed by atoms with Crippen molar-refractivity contribution in [3.05, 3.63) is 12.7 Å². The smallest absolute Gasteiger partial charge is 0.294 e. The summed E-state index contributed by atoms with van der Waals surface area (Å²) in [6.45, 7) is 7.80. The largest absolute Gasteiger partial charge is 0.365 e. The Kier molecular flexibility index (Phi) is 5.47. The van der Waals surface area contributed by atoms with Gasteiger partial charge < -0.3 is 0 Å². The van der Waals surface area contributed by atoms with Crippen molar-refractivity contribution < 1.29 is 14.6 Å². The fourth-order valence-corrected chi connectivity index (χ4v) is 0.418. The van der Waals surface area contributed by atoms with Gasteiger partial charge in [0.05, 0.1) is 6.61 Å². The van der Waals surface area contributed by atoms with Crippen LogP contribution in [-0.2, 0) is 14.6 Å². The summed E-state index contributed by atoms with van der Waals surface area (Å²) < 4.78 is 0. The predicted molar refractivity (Wildman–Crippen MR) is 41.7 cm³/mol. The topological polar surface area (TPSA) is 35.5 Å². The minimum Gasteiger partial charge on any atom is -0.294 e. The first-order chi connectivity index (χ1) is 5.16. The molecule has 0 fully saturated rings. The molecular formula is C8H14O3. The van der Waals surface area contributed by atoms with Crippen LogP contribution in [0.1, 0.15) is 20.3 Å². The summed E-state index contributed by atoms with van der Waals surface area (Å²) in [6, 6.07) is 0. The van der Waals surface area contributed by atoms with Crippen LogP contribution >= 0.6 is 0 Å². The maximum Gasteiger partial charge on any atom is 0.365 e. The van der Waals surface area contributed by atoms with E-state index in [1.54, 1.807) is 0 Å². The molecule has 0 bridgehead atoms. The minimum absolute atomic E-state index is 0.442. The lowest BCUT2D eigenvalue weighted by Crippen LogP contribution is -2.04. The van der Waals surface area contributed by atoms with Gasteiger partial charge in [-0.1, -0.05) is 20.4 Å². The second-order valence-electron chi connectivity index (χ2n) is 2.61. The van der Waals surface area contributed by atoms with Crippen LogP contribution in [-0.4, -0.2) is 12.6 Å². The summed E-state index contributed by atoms with van der Waals surface area (Å²) >= 11 is 0. The fourth-order valence-electron chi connectivity index (χ4n) is 0.418. The molecule has 0 atom stereocenters. The van der Waals surface area contributed by atoms with Crippen LogP contribution in [0.2, 0.25) is 0 Å². The highest BCUT2D eigenvalue weighted by molar-refractivity contribution is 5.80. The van der Waals surface area contributed by atoms with Gasteiger partial charge in [-0.15, -0.1) is 0 Å². The molecule has 0 aromatic rings. The van der Waals surface area contributed by atoms with Crippen molar-refractivity contribution in [3.8, 4) is 0 Å². The summed E-state index contributed by atoms with van der Waals surface area (Å²) in [5.41, 5.74) is 0. The van der Waals surface area contributed by atoms with Gasteiger partial charge in [-0.2, -0.15) is 4.89 Å². The second kappa shape index (κ2) is 5.92. The van der Waals surface area contributed by atoms with Crippen LogP contribution in [0, 0.1) is 5.92 Å². The molecule has 0 radical (unpaired) electrons. The molecule has 11 heavy (non-hydrogen) atoms. The molecule has 0 N–H and O–H groups in total. The molecule has 0 aliphatic heterocycles. The van der Waals surface area contributed by atoms with E-state index in [0.29, 0.717) is 12.5 Å². The van der Waals surface area contributed by atoms with E-state index < -0.39 is 5.97 Å². The third kappa shape index (κ3) is 7.06. The molecule has 3 nitrogen and oxygen atoms in total. The molecule has 0 amide bonds. The lowest BCUT2D eigenvalue weighted by molar-refractivity contribution is -0.268. The first-order valence-corrected chi connectivity index (χ1v) is 3.62. The van der Waals surface area contributed by atoms with Gasteiger partial charge in [0, 0.05) is 6.08 Å². The Bertz CT molecular complexity index is 129. The van der Waals surface area contributed by atoms with Crippen molar-refractivity contribution >= 4 is 5.97 Å². The van der Waals surface area contributed by atoms with E-state index in [1.807, 2.05) is 0 Å². The van der Waals surface area contributed by atoms with Crippen LogP contribution in [0.15, 0.2) is 12.7 Å². The van der Waals surface area contributed by atoms with Crippen LogP contribution in [0.4, 0.5) is 0 Å². The zero-order chi connectivity index (χ0) is 8.69. The van der Waals surface area contributed by atoms with Crippen molar-refractivity contribution in [2.24, 2.45) is 5.92 Å². The number of hydrogen-bond donors (Lipinski definition) is 0. The Morgan fingerprint density at radius 3 is 2.73 bits per heavy atom. The number of hydrogen-bond acceptors (Lipinski definition) is 3. The molecule has 0 saturated carbocycles.